The quantitative estimate of drug-likeness (QED) is 0.290. The minimum atomic E-state index is -5.25. The van der Waals surface area contributed by atoms with Gasteiger partial charge in [-0.2, -0.15) is 0 Å². The monoisotopic (exact) mass is 374 g/mol. The molecule has 2 aromatic rings. The van der Waals surface area contributed by atoms with E-state index in [1.54, 1.807) is 0 Å². The summed E-state index contributed by atoms with van der Waals surface area (Å²) in [6.07, 6.45) is -4.41. The van der Waals surface area contributed by atoms with Crippen LogP contribution in [0, 0.1) is 0 Å². The molecule has 132 valence electrons. The molecule has 0 aromatic carbocycles. The first-order valence-corrected chi connectivity index (χ1v) is 8.07. The van der Waals surface area contributed by atoms with Gasteiger partial charge in [0.15, 0.2) is 23.2 Å². The number of fused-ring (bicyclic) bond motifs is 1. The number of nitrogen functional groups attached to an aromatic ring is 2. The summed E-state index contributed by atoms with van der Waals surface area (Å²) < 4.78 is 21.2. The zero-order valence-electron chi connectivity index (χ0n) is 13.9. The molecule has 0 saturated carbocycles. The number of aliphatic hydroxyl groups excluding tert-OH is 2. The Hall–Kier alpha value is -0.665. The molecular weight excluding hydrogens is 361 g/mol. The van der Waals surface area contributed by atoms with Crippen LogP contribution in [0.4, 0.5) is 11.8 Å². The fourth-order valence-corrected chi connectivity index (χ4v) is 2.77. The molecule has 1 aliphatic heterocycles. The van der Waals surface area contributed by atoms with Crippen LogP contribution in [-0.2, 0) is 13.8 Å². The number of ether oxygens (including phenoxy) is 1. The molecule has 1 fully saturated rings. The van der Waals surface area contributed by atoms with Crippen LogP contribution in [0.5, 0.6) is 0 Å². The first kappa shape index (κ1) is 23.4. The smallest absolute Gasteiger partial charge is 0.790 e. The van der Waals surface area contributed by atoms with Crippen molar-refractivity contribution in [2.75, 3.05) is 18.1 Å². The number of phosphoric ester groups is 1. The Labute approximate surface area is 170 Å². The van der Waals surface area contributed by atoms with Crippen LogP contribution in [0.2, 0.25) is 0 Å². The Morgan fingerprint density at radius 1 is 1.27 bits per heavy atom. The summed E-state index contributed by atoms with van der Waals surface area (Å²) in [5, 5.41) is 20.1. The largest absolute Gasteiger partial charge is 1.00 e. The molecule has 1 saturated heterocycles. The minimum Gasteiger partial charge on any atom is -0.790 e. The third kappa shape index (κ3) is 4.42. The van der Waals surface area contributed by atoms with Gasteiger partial charge in [0.05, 0.1) is 14.4 Å². The Balaban J connectivity index is 0.00000169. The van der Waals surface area contributed by atoms with E-state index in [0.29, 0.717) is 0 Å². The minimum absolute atomic E-state index is 0. The van der Waals surface area contributed by atoms with Crippen LogP contribution in [0.15, 0.2) is 6.33 Å². The van der Waals surface area contributed by atoms with Crippen LogP contribution in [0.25, 0.3) is 11.2 Å². The van der Waals surface area contributed by atoms with Crippen molar-refractivity contribution < 1.29 is 71.5 Å². The van der Waals surface area contributed by atoms with E-state index < -0.39 is 39.0 Å². The number of aliphatic hydroxyl groups is 2. The second kappa shape index (κ2) is 8.56. The molecule has 16 heteroatoms. The third-order valence-electron chi connectivity index (χ3n) is 3.52. The fourth-order valence-electron chi connectivity index (χ4n) is 2.44. The van der Waals surface area contributed by atoms with Gasteiger partial charge >= 0.3 is 37.7 Å². The average Bonchev–Trinajstić information content (AvgIpc) is 2.96. The number of anilines is 2. The first-order chi connectivity index (χ1) is 11.2. The molecule has 0 spiro atoms. The molecule has 3 rings (SSSR count). The van der Waals surface area contributed by atoms with E-state index in [-0.39, 0.29) is 60.7 Å². The predicted molar refractivity (Wildman–Crippen MR) is 73.6 cm³/mol. The Morgan fingerprint density at radius 2 is 1.92 bits per heavy atom. The van der Waals surface area contributed by atoms with E-state index in [0.717, 1.165) is 6.33 Å². The summed E-state index contributed by atoms with van der Waals surface area (Å²) in [7, 11) is -5.25. The molecule has 0 aliphatic carbocycles. The number of aromatic nitrogens is 4. The van der Waals surface area contributed by atoms with Gasteiger partial charge < -0.3 is 45.3 Å². The molecular formula is C10H13Li2N6O7P. The van der Waals surface area contributed by atoms with Gasteiger partial charge in [0.1, 0.15) is 24.6 Å². The van der Waals surface area contributed by atoms with Crippen molar-refractivity contribution in [2.24, 2.45) is 0 Å². The van der Waals surface area contributed by atoms with Crippen molar-refractivity contribution in [3.8, 4) is 0 Å². The first-order valence-electron chi connectivity index (χ1n) is 6.61. The molecule has 1 aliphatic rings. The molecule has 6 N–H and O–H groups in total. The van der Waals surface area contributed by atoms with Gasteiger partial charge in [-0.15, -0.1) is 0 Å². The maximum Gasteiger partial charge on any atom is 1.00 e. The molecule has 0 unspecified atom stereocenters. The number of hydrogen-bond acceptors (Lipinski definition) is 12. The van der Waals surface area contributed by atoms with Crippen LogP contribution in [0.1, 0.15) is 6.23 Å². The Bertz CT molecular complexity index is 819. The zero-order chi connectivity index (χ0) is 17.6. The molecule has 0 radical (unpaired) electrons. The van der Waals surface area contributed by atoms with E-state index in [4.69, 9.17) is 16.2 Å². The fraction of sp³-hybridized carbons (Fsp3) is 0.500. The van der Waals surface area contributed by atoms with Gasteiger partial charge in [-0.25, -0.2) is 15.0 Å². The summed E-state index contributed by atoms with van der Waals surface area (Å²) in [5.41, 5.74) is 11.8. The van der Waals surface area contributed by atoms with Crippen molar-refractivity contribution in [2.45, 2.75) is 24.5 Å². The summed E-state index contributed by atoms with van der Waals surface area (Å²) in [5.74, 6) is -0.0645. The Morgan fingerprint density at radius 3 is 2.54 bits per heavy atom. The molecule has 0 amide bonds. The van der Waals surface area contributed by atoms with Gasteiger partial charge in [-0.05, 0) is 0 Å². The van der Waals surface area contributed by atoms with Crippen molar-refractivity contribution in [3.63, 3.8) is 0 Å². The zero-order valence-corrected chi connectivity index (χ0v) is 14.8. The number of imidazole rings is 1. The molecule has 0 bridgehead atoms. The van der Waals surface area contributed by atoms with Crippen LogP contribution >= 0.6 is 7.82 Å². The second-order valence-electron chi connectivity index (χ2n) is 5.06. The standard InChI is InChI=1S/C10H15N6O7P.2Li/c11-7-4-8(14-2-13-7)16(10(12)15-4)9-6(18)5(17)3(23-9)1-22-24(19,20)21;;/h2-3,5-6,9,17-18H,1H2,(H2,12,15)(H2,11,13,14)(H2,19,20,21);;/q;2*+1/p-2/t3-,5-,6-,9-;;/m1../s1. The van der Waals surface area contributed by atoms with Gasteiger partial charge in [0.25, 0.3) is 0 Å². The third-order valence-corrected chi connectivity index (χ3v) is 3.99. The maximum atomic E-state index is 10.5. The normalized spacial score (nSPS) is 25.7. The molecule has 13 nitrogen and oxygen atoms in total. The maximum absolute atomic E-state index is 10.5. The second-order valence-corrected chi connectivity index (χ2v) is 6.21. The van der Waals surface area contributed by atoms with E-state index in [2.05, 4.69) is 19.5 Å². The molecule has 26 heavy (non-hydrogen) atoms. The van der Waals surface area contributed by atoms with Gasteiger partial charge in [-0.1, -0.05) is 0 Å². The topological polar surface area (TPSA) is 218 Å². The summed E-state index contributed by atoms with van der Waals surface area (Å²) >= 11 is 0. The van der Waals surface area contributed by atoms with Gasteiger partial charge in [0.2, 0.25) is 5.95 Å². The van der Waals surface area contributed by atoms with E-state index in [9.17, 15) is 24.6 Å². The summed E-state index contributed by atoms with van der Waals surface area (Å²) in [6.45, 7) is -0.761. The van der Waals surface area contributed by atoms with E-state index in [1.165, 1.54) is 4.57 Å². The summed E-state index contributed by atoms with van der Waals surface area (Å²) in [4.78, 5) is 32.8. The van der Waals surface area contributed by atoms with Crippen LogP contribution in [0.3, 0.4) is 0 Å². The van der Waals surface area contributed by atoms with Gasteiger partial charge in [0, 0.05) is 0 Å². The SMILES string of the molecule is Nc1ncnc2c1nc(N)n2[C@@H]1O[C@H](COP(=O)([O-])[O-])[C@@H](O)[C@H]1O.[Li+].[Li+]. The van der Waals surface area contributed by atoms with E-state index >= 15 is 0 Å². The number of nitrogens with two attached hydrogens (primary N) is 2. The number of hydrogen-bond donors (Lipinski definition) is 4. The predicted octanol–water partition coefficient (Wildman–Crippen LogP) is -9.54. The number of phosphoric acid groups is 1. The number of nitrogens with zero attached hydrogens (tertiary/aromatic N) is 4. The van der Waals surface area contributed by atoms with Crippen molar-refractivity contribution >= 4 is 30.8 Å². The Kier molecular flexibility index (Phi) is 7.70. The van der Waals surface area contributed by atoms with E-state index in [1.807, 2.05) is 0 Å². The molecule has 2 aromatic heterocycles. The molecule has 3 heterocycles. The van der Waals surface area contributed by atoms with Gasteiger partial charge in [-0.3, -0.25) is 4.57 Å². The number of rotatable bonds is 4. The van der Waals surface area contributed by atoms with Crippen molar-refractivity contribution in [1.82, 2.24) is 19.5 Å². The van der Waals surface area contributed by atoms with Crippen molar-refractivity contribution in [3.05, 3.63) is 6.33 Å². The van der Waals surface area contributed by atoms with Crippen molar-refractivity contribution in [1.29, 1.82) is 0 Å². The average molecular weight is 374 g/mol. The molecule has 4 atom stereocenters. The van der Waals surface area contributed by atoms with Crippen LogP contribution < -0.4 is 59.0 Å². The summed E-state index contributed by atoms with van der Waals surface area (Å²) in [6, 6.07) is 0. The van der Waals surface area contributed by atoms with Crippen LogP contribution in [-0.4, -0.2) is 54.7 Å².